The van der Waals surface area contributed by atoms with E-state index in [0.717, 1.165) is 35.6 Å². The Balaban J connectivity index is 1.49. The highest BCUT2D eigenvalue weighted by Crippen LogP contribution is 2.33. The van der Waals surface area contributed by atoms with Gasteiger partial charge in [0.05, 0.1) is 17.3 Å². The summed E-state index contributed by atoms with van der Waals surface area (Å²) in [5.41, 5.74) is 1.90. The molecule has 2 saturated heterocycles. The van der Waals surface area contributed by atoms with Gasteiger partial charge in [-0.1, -0.05) is 18.2 Å². The molecule has 6 nitrogen and oxygen atoms in total. The van der Waals surface area contributed by atoms with Crippen LogP contribution in [0.3, 0.4) is 0 Å². The number of likely N-dealkylation sites (tertiary alicyclic amines) is 1. The van der Waals surface area contributed by atoms with Gasteiger partial charge in [-0.2, -0.15) is 16.9 Å². The van der Waals surface area contributed by atoms with E-state index in [9.17, 15) is 0 Å². The lowest BCUT2D eigenvalue weighted by atomic mass is 10.2. The van der Waals surface area contributed by atoms with E-state index in [0.29, 0.717) is 11.3 Å². The van der Waals surface area contributed by atoms with E-state index >= 15 is 0 Å². The van der Waals surface area contributed by atoms with E-state index < -0.39 is 0 Å². The molecule has 2 fully saturated rings. The average Bonchev–Trinajstić information content (AvgIpc) is 3.46. The van der Waals surface area contributed by atoms with E-state index in [4.69, 9.17) is 0 Å². The molecule has 0 amide bonds. The number of rotatable bonds is 4. The lowest BCUT2D eigenvalue weighted by Crippen LogP contribution is -2.40. The Bertz CT molecular complexity index is 921. The van der Waals surface area contributed by atoms with Crippen LogP contribution < -0.4 is 4.90 Å². The Morgan fingerprint density at radius 1 is 1.04 bits per heavy atom. The van der Waals surface area contributed by atoms with E-state index in [1.54, 1.807) is 6.33 Å². The highest BCUT2D eigenvalue weighted by Gasteiger charge is 2.38. The van der Waals surface area contributed by atoms with Crippen molar-refractivity contribution in [2.24, 2.45) is 0 Å². The summed E-state index contributed by atoms with van der Waals surface area (Å²) in [5.74, 6) is 1.02. The van der Waals surface area contributed by atoms with Gasteiger partial charge in [-0.05, 0) is 44.3 Å². The van der Waals surface area contributed by atoms with Crippen LogP contribution in [0.2, 0.25) is 0 Å². The number of hydrogen-bond donors (Lipinski definition) is 0. The number of nitrogens with zero attached hydrogens (tertiary/aromatic N) is 6. The van der Waals surface area contributed by atoms with Crippen molar-refractivity contribution < 1.29 is 0 Å². The summed E-state index contributed by atoms with van der Waals surface area (Å²) in [7, 11) is 0. The van der Waals surface area contributed by atoms with Gasteiger partial charge in [0.1, 0.15) is 12.1 Å². The molecule has 2 aliphatic rings. The third-order valence-corrected chi connectivity index (χ3v) is 6.86. The molecule has 2 aromatic heterocycles. The second-order valence-electron chi connectivity index (χ2n) is 7.32. The SMILES string of the molecule is CS[C@@H]1CN(c2ncnc3c2cnn3-c2ccccc2)C[C@H]1N1CCCC1. The summed E-state index contributed by atoms with van der Waals surface area (Å²) < 4.78 is 1.90. The highest BCUT2D eigenvalue weighted by molar-refractivity contribution is 7.99. The van der Waals surface area contributed by atoms with Crippen molar-refractivity contribution in [3.63, 3.8) is 0 Å². The van der Waals surface area contributed by atoms with Crippen molar-refractivity contribution in [3.8, 4) is 5.69 Å². The lowest BCUT2D eigenvalue weighted by Gasteiger charge is -2.27. The summed E-state index contributed by atoms with van der Waals surface area (Å²) >= 11 is 1.99. The Morgan fingerprint density at radius 3 is 2.63 bits per heavy atom. The van der Waals surface area contributed by atoms with Crippen LogP contribution in [-0.4, -0.2) is 68.4 Å². The van der Waals surface area contributed by atoms with Gasteiger partial charge in [0.15, 0.2) is 5.65 Å². The third-order valence-electron chi connectivity index (χ3n) is 5.79. The van der Waals surface area contributed by atoms with Gasteiger partial charge in [0.2, 0.25) is 0 Å². The van der Waals surface area contributed by atoms with Crippen molar-refractivity contribution >= 4 is 28.6 Å². The van der Waals surface area contributed by atoms with E-state index in [1.165, 1.54) is 25.9 Å². The van der Waals surface area contributed by atoms with Gasteiger partial charge < -0.3 is 4.90 Å². The molecule has 0 saturated carbocycles. The normalized spacial score (nSPS) is 23.5. The zero-order chi connectivity index (χ0) is 18.2. The summed E-state index contributed by atoms with van der Waals surface area (Å²) in [6.07, 6.45) is 8.49. The average molecular weight is 381 g/mol. The van der Waals surface area contributed by atoms with Crippen molar-refractivity contribution in [2.45, 2.75) is 24.1 Å². The first kappa shape index (κ1) is 17.0. The molecular weight excluding hydrogens is 356 g/mol. The van der Waals surface area contributed by atoms with Gasteiger partial charge in [-0.25, -0.2) is 14.6 Å². The molecule has 0 N–H and O–H groups in total. The Morgan fingerprint density at radius 2 is 1.85 bits per heavy atom. The van der Waals surface area contributed by atoms with Crippen molar-refractivity contribution in [1.29, 1.82) is 0 Å². The number of para-hydroxylation sites is 1. The van der Waals surface area contributed by atoms with Crippen LogP contribution in [0.5, 0.6) is 0 Å². The van der Waals surface area contributed by atoms with Crippen molar-refractivity contribution in [3.05, 3.63) is 42.9 Å². The molecule has 1 aromatic carbocycles. The molecule has 5 rings (SSSR count). The number of anilines is 1. The van der Waals surface area contributed by atoms with Gasteiger partial charge in [-0.15, -0.1) is 0 Å². The number of benzene rings is 1. The minimum Gasteiger partial charge on any atom is -0.353 e. The third kappa shape index (κ3) is 2.99. The first-order valence-electron chi connectivity index (χ1n) is 9.61. The Hall–Kier alpha value is -2.12. The molecule has 27 heavy (non-hydrogen) atoms. The van der Waals surface area contributed by atoms with Crippen molar-refractivity contribution in [2.75, 3.05) is 37.3 Å². The fourth-order valence-electron chi connectivity index (χ4n) is 4.43. The van der Waals surface area contributed by atoms with Crippen molar-refractivity contribution in [1.82, 2.24) is 24.6 Å². The van der Waals surface area contributed by atoms with Crippen LogP contribution in [0.15, 0.2) is 42.9 Å². The molecule has 4 heterocycles. The smallest absolute Gasteiger partial charge is 0.168 e. The molecule has 2 atom stereocenters. The minimum atomic E-state index is 0.608. The van der Waals surface area contributed by atoms with E-state index in [2.05, 4.69) is 43.3 Å². The number of hydrogen-bond acceptors (Lipinski definition) is 6. The summed E-state index contributed by atoms with van der Waals surface area (Å²) in [5, 5.41) is 6.26. The van der Waals surface area contributed by atoms with Gasteiger partial charge in [-0.3, -0.25) is 4.90 Å². The quantitative estimate of drug-likeness (QED) is 0.694. The molecule has 3 aromatic rings. The largest absolute Gasteiger partial charge is 0.353 e. The predicted molar refractivity (Wildman–Crippen MR) is 111 cm³/mol. The number of aromatic nitrogens is 4. The van der Waals surface area contributed by atoms with Gasteiger partial charge >= 0.3 is 0 Å². The second-order valence-corrected chi connectivity index (χ2v) is 8.39. The maximum absolute atomic E-state index is 4.66. The molecule has 2 aliphatic heterocycles. The molecule has 7 heteroatoms. The van der Waals surface area contributed by atoms with Crippen LogP contribution in [0.25, 0.3) is 16.7 Å². The summed E-state index contributed by atoms with van der Waals surface area (Å²) in [4.78, 5) is 14.3. The number of fused-ring (bicyclic) bond motifs is 1. The highest BCUT2D eigenvalue weighted by atomic mass is 32.2. The van der Waals surface area contributed by atoms with Gasteiger partial charge in [0.25, 0.3) is 0 Å². The Kier molecular flexibility index (Phi) is 4.49. The molecule has 0 bridgehead atoms. The molecule has 0 unspecified atom stereocenters. The maximum atomic E-state index is 4.66. The minimum absolute atomic E-state index is 0.608. The fraction of sp³-hybridized carbons (Fsp3) is 0.450. The van der Waals surface area contributed by atoms with Crippen LogP contribution in [-0.2, 0) is 0 Å². The summed E-state index contributed by atoms with van der Waals surface area (Å²) in [6, 6.07) is 10.8. The summed E-state index contributed by atoms with van der Waals surface area (Å²) in [6.45, 7) is 4.54. The molecule has 0 radical (unpaired) electrons. The predicted octanol–water partition coefficient (Wildman–Crippen LogP) is 2.83. The zero-order valence-electron chi connectivity index (χ0n) is 15.5. The van der Waals surface area contributed by atoms with Crippen LogP contribution in [0.1, 0.15) is 12.8 Å². The van der Waals surface area contributed by atoms with Crippen LogP contribution >= 0.6 is 11.8 Å². The zero-order valence-corrected chi connectivity index (χ0v) is 16.3. The van der Waals surface area contributed by atoms with E-state index in [-0.39, 0.29) is 0 Å². The second kappa shape index (κ2) is 7.13. The number of thioether (sulfide) groups is 1. The molecule has 0 aliphatic carbocycles. The fourth-order valence-corrected chi connectivity index (χ4v) is 5.33. The molecule has 0 spiro atoms. The standard InChI is InChI=1S/C20H24N6S/c1-27-18-13-25(12-17(18)24-9-5-6-10-24)19-16-11-23-26(20(16)22-14-21-19)15-7-3-2-4-8-15/h2-4,7-8,11,14,17-18H,5-6,9-10,12-13H2,1H3/t17-,18-/m1/s1. The van der Waals surface area contributed by atoms with Crippen LogP contribution in [0, 0.1) is 0 Å². The van der Waals surface area contributed by atoms with Gasteiger partial charge in [0, 0.05) is 24.4 Å². The van der Waals surface area contributed by atoms with Crippen LogP contribution in [0.4, 0.5) is 5.82 Å². The Labute approximate surface area is 163 Å². The monoisotopic (exact) mass is 380 g/mol. The topological polar surface area (TPSA) is 50.1 Å². The maximum Gasteiger partial charge on any atom is 0.168 e. The lowest BCUT2D eigenvalue weighted by molar-refractivity contribution is 0.264. The molecule has 140 valence electrons. The molecular formula is C20H24N6S. The first-order chi connectivity index (χ1) is 13.3. The van der Waals surface area contributed by atoms with E-state index in [1.807, 2.05) is 40.8 Å². The first-order valence-corrected chi connectivity index (χ1v) is 10.9.